The molecule has 1 aromatic carbocycles. The molecular formula is C17H26O2. The molecule has 1 fully saturated rings. The number of benzene rings is 1. The summed E-state index contributed by atoms with van der Waals surface area (Å²) < 4.78 is 5.84. The number of para-hydroxylation sites is 1. The molecule has 0 aromatic heterocycles. The van der Waals surface area contributed by atoms with Gasteiger partial charge in [0, 0.05) is 5.56 Å². The number of aliphatic hydroxyl groups is 1. The molecule has 0 amide bonds. The number of hydrogen-bond acceptors (Lipinski definition) is 2. The zero-order valence-corrected chi connectivity index (χ0v) is 12.4. The molecule has 1 aliphatic rings. The molecule has 0 bridgehead atoms. The molecule has 0 radical (unpaired) electrons. The van der Waals surface area contributed by atoms with Gasteiger partial charge in [-0.05, 0) is 38.2 Å². The summed E-state index contributed by atoms with van der Waals surface area (Å²) in [7, 11) is 0. The van der Waals surface area contributed by atoms with Crippen molar-refractivity contribution in [2.45, 2.75) is 65.1 Å². The fourth-order valence-electron chi connectivity index (χ4n) is 3.08. The third kappa shape index (κ3) is 3.30. The second kappa shape index (κ2) is 5.96. The first-order valence-electron chi connectivity index (χ1n) is 7.46. The fraction of sp³-hybridized carbons (Fsp3) is 0.647. The first kappa shape index (κ1) is 14.4. The minimum Gasteiger partial charge on any atom is -0.491 e. The van der Waals surface area contributed by atoms with E-state index in [0.717, 1.165) is 24.2 Å². The molecule has 106 valence electrons. The average Bonchev–Trinajstić information content (AvgIpc) is 2.39. The zero-order valence-electron chi connectivity index (χ0n) is 12.4. The molecule has 0 heterocycles. The largest absolute Gasteiger partial charge is 0.491 e. The summed E-state index contributed by atoms with van der Waals surface area (Å²) in [5.41, 5.74) is 0.940. The second-order valence-corrected chi connectivity index (χ2v) is 6.32. The number of rotatable bonds is 4. The quantitative estimate of drug-likeness (QED) is 0.867. The Morgan fingerprint density at radius 1 is 1.11 bits per heavy atom. The normalized spacial score (nSPS) is 20.3. The van der Waals surface area contributed by atoms with E-state index in [2.05, 4.69) is 6.92 Å². The van der Waals surface area contributed by atoms with Gasteiger partial charge < -0.3 is 9.84 Å². The van der Waals surface area contributed by atoms with Gasteiger partial charge in [-0.2, -0.15) is 0 Å². The first-order chi connectivity index (χ1) is 9.03. The minimum absolute atomic E-state index is 0.00527. The topological polar surface area (TPSA) is 29.5 Å². The van der Waals surface area contributed by atoms with Crippen LogP contribution in [0.5, 0.6) is 5.75 Å². The van der Waals surface area contributed by atoms with Crippen LogP contribution in [0.25, 0.3) is 0 Å². The fourth-order valence-corrected chi connectivity index (χ4v) is 3.08. The Kier molecular flexibility index (Phi) is 4.51. The Balaban J connectivity index is 2.24. The highest BCUT2D eigenvalue weighted by molar-refractivity contribution is 5.36. The van der Waals surface area contributed by atoms with Crippen molar-refractivity contribution >= 4 is 0 Å². The second-order valence-electron chi connectivity index (χ2n) is 6.32. The van der Waals surface area contributed by atoms with Gasteiger partial charge in [0.2, 0.25) is 0 Å². The van der Waals surface area contributed by atoms with Gasteiger partial charge in [0.05, 0.1) is 12.2 Å². The molecule has 1 unspecified atom stereocenters. The molecule has 2 nitrogen and oxygen atoms in total. The van der Waals surface area contributed by atoms with Crippen LogP contribution in [0.15, 0.2) is 24.3 Å². The Morgan fingerprint density at radius 3 is 2.37 bits per heavy atom. The van der Waals surface area contributed by atoms with Crippen molar-refractivity contribution in [3.05, 3.63) is 29.8 Å². The molecule has 1 saturated carbocycles. The molecule has 1 atom stereocenters. The third-order valence-corrected chi connectivity index (χ3v) is 4.23. The van der Waals surface area contributed by atoms with Gasteiger partial charge in [-0.15, -0.1) is 0 Å². The maximum absolute atomic E-state index is 10.8. The van der Waals surface area contributed by atoms with Crippen LogP contribution in [-0.2, 0) is 0 Å². The van der Waals surface area contributed by atoms with Crippen LogP contribution < -0.4 is 4.74 Å². The van der Waals surface area contributed by atoms with Gasteiger partial charge >= 0.3 is 0 Å². The minimum atomic E-state index is -0.428. The maximum Gasteiger partial charge on any atom is 0.125 e. The summed E-state index contributed by atoms with van der Waals surface area (Å²) >= 11 is 0. The molecule has 1 aromatic rings. The van der Waals surface area contributed by atoms with E-state index in [-0.39, 0.29) is 11.5 Å². The summed E-state index contributed by atoms with van der Waals surface area (Å²) in [4.78, 5) is 0. The highest BCUT2D eigenvalue weighted by Crippen LogP contribution is 2.47. The van der Waals surface area contributed by atoms with E-state index in [9.17, 15) is 5.11 Å². The number of hydrogen-bond donors (Lipinski definition) is 1. The van der Waals surface area contributed by atoms with Gasteiger partial charge in [-0.3, -0.25) is 0 Å². The number of ether oxygens (including phenoxy) is 1. The lowest BCUT2D eigenvalue weighted by Gasteiger charge is -2.38. The predicted octanol–water partition coefficient (Wildman–Crippen LogP) is 4.48. The van der Waals surface area contributed by atoms with E-state index in [1.54, 1.807) is 0 Å². The smallest absolute Gasteiger partial charge is 0.125 e. The molecule has 2 rings (SSSR count). The SMILES string of the molecule is CC(C)Oc1ccccc1C(O)C1(C)CCCCC1. The summed E-state index contributed by atoms with van der Waals surface area (Å²) in [6, 6.07) is 7.92. The Labute approximate surface area is 116 Å². The molecule has 0 spiro atoms. The van der Waals surface area contributed by atoms with Crippen LogP contribution in [0, 0.1) is 5.41 Å². The summed E-state index contributed by atoms with van der Waals surface area (Å²) in [6.45, 7) is 6.25. The van der Waals surface area contributed by atoms with Crippen LogP contribution in [0.1, 0.15) is 64.5 Å². The Hall–Kier alpha value is -1.02. The predicted molar refractivity (Wildman–Crippen MR) is 78.4 cm³/mol. The van der Waals surface area contributed by atoms with Crippen LogP contribution in [0.2, 0.25) is 0 Å². The Bertz CT molecular complexity index is 405. The molecule has 0 saturated heterocycles. The summed E-state index contributed by atoms with van der Waals surface area (Å²) in [6.07, 6.45) is 5.65. The van der Waals surface area contributed by atoms with Gasteiger partial charge in [0.1, 0.15) is 5.75 Å². The molecule has 19 heavy (non-hydrogen) atoms. The first-order valence-corrected chi connectivity index (χ1v) is 7.46. The lowest BCUT2D eigenvalue weighted by Crippen LogP contribution is -2.28. The van der Waals surface area contributed by atoms with Crippen LogP contribution in [-0.4, -0.2) is 11.2 Å². The standard InChI is InChI=1S/C17H26O2/c1-13(2)19-15-10-6-5-9-14(15)16(18)17(3)11-7-4-8-12-17/h5-6,9-10,13,16,18H,4,7-8,11-12H2,1-3H3. The van der Waals surface area contributed by atoms with Crippen molar-refractivity contribution in [3.63, 3.8) is 0 Å². The van der Waals surface area contributed by atoms with Crippen molar-refractivity contribution < 1.29 is 9.84 Å². The Morgan fingerprint density at radius 2 is 1.74 bits per heavy atom. The highest BCUT2D eigenvalue weighted by atomic mass is 16.5. The van der Waals surface area contributed by atoms with Crippen LogP contribution in [0.4, 0.5) is 0 Å². The maximum atomic E-state index is 10.8. The summed E-state index contributed by atoms with van der Waals surface area (Å²) in [5, 5.41) is 10.8. The van der Waals surface area contributed by atoms with E-state index in [1.807, 2.05) is 38.1 Å². The van der Waals surface area contributed by atoms with E-state index in [1.165, 1.54) is 19.3 Å². The van der Waals surface area contributed by atoms with Crippen LogP contribution >= 0.6 is 0 Å². The van der Waals surface area contributed by atoms with Crippen molar-refractivity contribution in [3.8, 4) is 5.75 Å². The zero-order chi connectivity index (χ0) is 13.9. The van der Waals surface area contributed by atoms with E-state index in [0.29, 0.717) is 0 Å². The molecule has 0 aliphatic heterocycles. The third-order valence-electron chi connectivity index (χ3n) is 4.23. The lowest BCUT2D eigenvalue weighted by molar-refractivity contribution is 0.00581. The van der Waals surface area contributed by atoms with Gasteiger partial charge in [0.15, 0.2) is 0 Å². The molecular weight excluding hydrogens is 236 g/mol. The average molecular weight is 262 g/mol. The van der Waals surface area contributed by atoms with Crippen LogP contribution in [0.3, 0.4) is 0 Å². The van der Waals surface area contributed by atoms with Gasteiger partial charge in [0.25, 0.3) is 0 Å². The number of aliphatic hydroxyl groups excluding tert-OH is 1. The van der Waals surface area contributed by atoms with Gasteiger partial charge in [-0.25, -0.2) is 0 Å². The monoisotopic (exact) mass is 262 g/mol. The van der Waals surface area contributed by atoms with Crippen molar-refractivity contribution in [1.82, 2.24) is 0 Å². The van der Waals surface area contributed by atoms with Crippen molar-refractivity contribution in [2.75, 3.05) is 0 Å². The molecule has 1 aliphatic carbocycles. The van der Waals surface area contributed by atoms with E-state index >= 15 is 0 Å². The molecule has 1 N–H and O–H groups in total. The van der Waals surface area contributed by atoms with Crippen molar-refractivity contribution in [1.29, 1.82) is 0 Å². The summed E-state index contributed by atoms with van der Waals surface area (Å²) in [5.74, 6) is 0.830. The lowest BCUT2D eigenvalue weighted by atomic mass is 9.70. The highest BCUT2D eigenvalue weighted by Gasteiger charge is 2.36. The van der Waals surface area contributed by atoms with E-state index in [4.69, 9.17) is 4.74 Å². The van der Waals surface area contributed by atoms with Crippen molar-refractivity contribution in [2.24, 2.45) is 5.41 Å². The van der Waals surface area contributed by atoms with Gasteiger partial charge in [-0.1, -0.05) is 44.4 Å². The van der Waals surface area contributed by atoms with E-state index < -0.39 is 6.10 Å². The molecule has 2 heteroatoms.